The van der Waals surface area contributed by atoms with E-state index < -0.39 is 10.0 Å². The van der Waals surface area contributed by atoms with Crippen molar-refractivity contribution in [3.05, 3.63) is 59.2 Å². The van der Waals surface area contributed by atoms with Crippen LogP contribution < -0.4 is 10.0 Å². The van der Waals surface area contributed by atoms with Crippen molar-refractivity contribution < 1.29 is 13.2 Å². The second-order valence-corrected chi connectivity index (χ2v) is 8.69. The van der Waals surface area contributed by atoms with Crippen molar-refractivity contribution in [3.8, 4) is 0 Å². The Kier molecular flexibility index (Phi) is 5.53. The smallest absolute Gasteiger partial charge is 0.261 e. The van der Waals surface area contributed by atoms with Crippen LogP contribution in [0, 0.1) is 13.8 Å². The van der Waals surface area contributed by atoms with Crippen LogP contribution in [0.1, 0.15) is 28.4 Å². The average Bonchev–Trinajstić information content (AvgIpc) is 2.61. The van der Waals surface area contributed by atoms with Gasteiger partial charge in [-0.05, 0) is 56.2 Å². The number of piperazine rings is 1. The standard InChI is InChI=1S/C20H25N3O3S/c1-14-5-4-6-17(11-14)22-27(25,26)18-8-7-15(2)19(12-18)20(24)23-10-9-21-13-16(23)3/h4-8,11-12,16,21-22H,9-10,13H2,1-3H3. The number of nitrogens with one attached hydrogen (secondary N) is 2. The molecule has 6 nitrogen and oxygen atoms in total. The van der Waals surface area contributed by atoms with Gasteiger partial charge in [-0.25, -0.2) is 8.42 Å². The molecule has 1 atom stereocenters. The topological polar surface area (TPSA) is 78.5 Å². The highest BCUT2D eigenvalue weighted by atomic mass is 32.2. The molecule has 7 heteroatoms. The second kappa shape index (κ2) is 7.70. The predicted octanol–water partition coefficient (Wildman–Crippen LogP) is 2.54. The molecule has 1 heterocycles. The first-order valence-corrected chi connectivity index (χ1v) is 10.5. The molecule has 0 aliphatic carbocycles. The molecule has 2 aromatic carbocycles. The van der Waals surface area contributed by atoms with Gasteiger partial charge in [0.05, 0.1) is 4.90 Å². The largest absolute Gasteiger partial charge is 0.333 e. The minimum absolute atomic E-state index is 0.0660. The number of benzene rings is 2. The maximum atomic E-state index is 13.0. The van der Waals surface area contributed by atoms with E-state index in [-0.39, 0.29) is 16.8 Å². The molecular formula is C20H25N3O3S. The van der Waals surface area contributed by atoms with E-state index in [0.717, 1.165) is 24.2 Å². The summed E-state index contributed by atoms with van der Waals surface area (Å²) in [6.45, 7) is 7.79. The molecule has 1 unspecified atom stereocenters. The molecular weight excluding hydrogens is 362 g/mol. The van der Waals surface area contributed by atoms with Gasteiger partial charge < -0.3 is 10.2 Å². The molecule has 2 N–H and O–H groups in total. The predicted molar refractivity (Wildman–Crippen MR) is 107 cm³/mol. The van der Waals surface area contributed by atoms with E-state index in [4.69, 9.17) is 0 Å². The number of nitrogens with zero attached hydrogens (tertiary/aromatic N) is 1. The number of rotatable bonds is 4. The van der Waals surface area contributed by atoms with Gasteiger partial charge in [0.15, 0.2) is 0 Å². The van der Waals surface area contributed by atoms with Gasteiger partial charge in [-0.3, -0.25) is 9.52 Å². The fourth-order valence-electron chi connectivity index (χ4n) is 3.22. The fraction of sp³-hybridized carbons (Fsp3) is 0.350. The third-order valence-electron chi connectivity index (χ3n) is 4.78. The van der Waals surface area contributed by atoms with E-state index >= 15 is 0 Å². The molecule has 1 saturated heterocycles. The Hall–Kier alpha value is -2.38. The Morgan fingerprint density at radius 1 is 1.19 bits per heavy atom. The lowest BCUT2D eigenvalue weighted by molar-refractivity contribution is 0.0654. The molecule has 0 spiro atoms. The van der Waals surface area contributed by atoms with Gasteiger partial charge in [-0.2, -0.15) is 0 Å². The number of aryl methyl sites for hydroxylation is 2. The lowest BCUT2D eigenvalue weighted by atomic mass is 10.1. The summed E-state index contributed by atoms with van der Waals surface area (Å²) >= 11 is 0. The van der Waals surface area contributed by atoms with Gasteiger partial charge in [0.25, 0.3) is 15.9 Å². The van der Waals surface area contributed by atoms with E-state index in [1.54, 1.807) is 29.2 Å². The van der Waals surface area contributed by atoms with Crippen molar-refractivity contribution in [3.63, 3.8) is 0 Å². The molecule has 0 radical (unpaired) electrons. The van der Waals surface area contributed by atoms with Gasteiger partial charge in [-0.15, -0.1) is 0 Å². The van der Waals surface area contributed by atoms with E-state index in [2.05, 4.69) is 10.0 Å². The maximum Gasteiger partial charge on any atom is 0.261 e. The van der Waals surface area contributed by atoms with Crippen molar-refractivity contribution in [2.24, 2.45) is 0 Å². The number of carbonyl (C=O) groups excluding carboxylic acids is 1. The van der Waals surface area contributed by atoms with Gasteiger partial charge >= 0.3 is 0 Å². The Labute approximate surface area is 160 Å². The van der Waals surface area contributed by atoms with Gasteiger partial charge in [-0.1, -0.05) is 18.2 Å². The van der Waals surface area contributed by atoms with Crippen LogP contribution in [0.25, 0.3) is 0 Å². The van der Waals surface area contributed by atoms with E-state index in [0.29, 0.717) is 17.8 Å². The maximum absolute atomic E-state index is 13.0. The number of hydrogen-bond donors (Lipinski definition) is 2. The van der Waals surface area contributed by atoms with Crippen LogP contribution >= 0.6 is 0 Å². The second-order valence-electron chi connectivity index (χ2n) is 7.00. The molecule has 144 valence electrons. The van der Waals surface area contributed by atoms with Crippen molar-refractivity contribution in [2.45, 2.75) is 31.7 Å². The highest BCUT2D eigenvalue weighted by Crippen LogP contribution is 2.22. The summed E-state index contributed by atoms with van der Waals surface area (Å²) in [5.41, 5.74) is 2.65. The summed E-state index contributed by atoms with van der Waals surface area (Å²) in [6.07, 6.45) is 0. The quantitative estimate of drug-likeness (QED) is 0.845. The first kappa shape index (κ1) is 19.4. The summed E-state index contributed by atoms with van der Waals surface area (Å²) in [4.78, 5) is 14.9. The Morgan fingerprint density at radius 2 is 1.96 bits per heavy atom. The highest BCUT2D eigenvalue weighted by Gasteiger charge is 2.26. The van der Waals surface area contributed by atoms with Crippen LogP contribution in [0.2, 0.25) is 0 Å². The van der Waals surface area contributed by atoms with Crippen LogP contribution in [0.5, 0.6) is 0 Å². The normalized spacial score (nSPS) is 17.6. The summed E-state index contributed by atoms with van der Waals surface area (Å²) in [6, 6.07) is 11.9. The zero-order valence-electron chi connectivity index (χ0n) is 15.8. The van der Waals surface area contributed by atoms with Gasteiger partial charge in [0.2, 0.25) is 0 Å². The van der Waals surface area contributed by atoms with Crippen LogP contribution in [0.3, 0.4) is 0 Å². The lowest BCUT2D eigenvalue weighted by Gasteiger charge is -2.34. The average molecular weight is 388 g/mol. The SMILES string of the molecule is Cc1cccc(NS(=O)(=O)c2ccc(C)c(C(=O)N3CCNCC3C)c2)c1. The van der Waals surface area contributed by atoms with Crippen molar-refractivity contribution in [1.29, 1.82) is 0 Å². The lowest BCUT2D eigenvalue weighted by Crippen LogP contribution is -2.52. The van der Waals surface area contributed by atoms with Crippen LogP contribution in [-0.4, -0.2) is 44.9 Å². The molecule has 1 fully saturated rings. The van der Waals surface area contributed by atoms with E-state index in [1.165, 1.54) is 12.1 Å². The molecule has 0 bridgehead atoms. The van der Waals surface area contributed by atoms with Gasteiger partial charge in [0, 0.05) is 36.9 Å². The fourth-order valence-corrected chi connectivity index (χ4v) is 4.29. The first-order chi connectivity index (χ1) is 12.8. The minimum Gasteiger partial charge on any atom is -0.333 e. The number of carbonyl (C=O) groups is 1. The van der Waals surface area contributed by atoms with Crippen molar-refractivity contribution in [2.75, 3.05) is 24.4 Å². The summed E-state index contributed by atoms with van der Waals surface area (Å²) in [7, 11) is -3.78. The molecule has 2 aromatic rings. The van der Waals surface area contributed by atoms with Gasteiger partial charge in [0.1, 0.15) is 0 Å². The van der Waals surface area contributed by atoms with Crippen molar-refractivity contribution in [1.82, 2.24) is 10.2 Å². The van der Waals surface area contributed by atoms with E-state index in [1.807, 2.05) is 26.8 Å². The third-order valence-corrected chi connectivity index (χ3v) is 6.16. The molecule has 3 rings (SSSR count). The molecule has 1 aliphatic heterocycles. The molecule has 1 amide bonds. The zero-order valence-corrected chi connectivity index (χ0v) is 16.6. The Balaban J connectivity index is 1.91. The van der Waals surface area contributed by atoms with Crippen LogP contribution in [0.4, 0.5) is 5.69 Å². The summed E-state index contributed by atoms with van der Waals surface area (Å²) in [5.74, 6) is -0.130. The zero-order chi connectivity index (χ0) is 19.6. The minimum atomic E-state index is -3.78. The highest BCUT2D eigenvalue weighted by molar-refractivity contribution is 7.92. The molecule has 27 heavy (non-hydrogen) atoms. The van der Waals surface area contributed by atoms with Crippen LogP contribution in [0.15, 0.2) is 47.4 Å². The van der Waals surface area contributed by atoms with Crippen molar-refractivity contribution >= 4 is 21.6 Å². The molecule has 0 saturated carbocycles. The molecule has 0 aromatic heterocycles. The Morgan fingerprint density at radius 3 is 2.67 bits per heavy atom. The third kappa shape index (κ3) is 4.31. The number of hydrogen-bond acceptors (Lipinski definition) is 4. The van der Waals surface area contributed by atoms with Crippen LogP contribution in [-0.2, 0) is 10.0 Å². The number of anilines is 1. The summed E-state index contributed by atoms with van der Waals surface area (Å²) < 4.78 is 28.2. The monoisotopic (exact) mass is 387 g/mol. The number of sulfonamides is 1. The summed E-state index contributed by atoms with van der Waals surface area (Å²) in [5, 5.41) is 3.25. The van der Waals surface area contributed by atoms with E-state index in [9.17, 15) is 13.2 Å². The number of amides is 1. The first-order valence-electron chi connectivity index (χ1n) is 9.00. The molecule has 1 aliphatic rings. The Bertz CT molecular complexity index is 957.